The number of rotatable bonds is 2. The molecule has 0 saturated carbocycles. The summed E-state index contributed by atoms with van der Waals surface area (Å²) in [5.41, 5.74) is 1.42. The molecule has 0 saturated heterocycles. The van der Waals surface area contributed by atoms with Gasteiger partial charge in [-0.3, -0.25) is 4.79 Å². The van der Waals surface area contributed by atoms with E-state index < -0.39 is 5.97 Å². The molecule has 1 aliphatic rings. The molecule has 0 amide bonds. The Morgan fingerprint density at radius 1 is 1.56 bits per heavy atom. The normalized spacial score (nSPS) is 19.4. The Morgan fingerprint density at radius 2 is 2.38 bits per heavy atom. The Hall–Kier alpha value is -1.58. The Kier molecular flexibility index (Phi) is 3.08. The average Bonchev–Trinajstić information content (AvgIpc) is 2.39. The van der Waals surface area contributed by atoms with Gasteiger partial charge in [-0.15, -0.1) is 0 Å². The molecule has 86 valence electrons. The van der Waals surface area contributed by atoms with Crippen molar-refractivity contribution in [3.63, 3.8) is 0 Å². The maximum Gasteiger partial charge on any atom is 0.303 e. The van der Waals surface area contributed by atoms with Gasteiger partial charge in [0, 0.05) is 13.0 Å². The van der Waals surface area contributed by atoms with E-state index in [9.17, 15) is 9.18 Å². The van der Waals surface area contributed by atoms with Gasteiger partial charge in [-0.25, -0.2) is 4.39 Å². The van der Waals surface area contributed by atoms with Crippen LogP contribution in [0.1, 0.15) is 18.4 Å². The number of hydrogen-bond acceptors (Lipinski definition) is 2. The summed E-state index contributed by atoms with van der Waals surface area (Å²) in [5.74, 6) is -0.952. The van der Waals surface area contributed by atoms with Crippen LogP contribution in [-0.4, -0.2) is 17.6 Å². The zero-order valence-corrected chi connectivity index (χ0v) is 8.87. The average molecular weight is 223 g/mol. The minimum absolute atomic E-state index is 0.0908. The van der Waals surface area contributed by atoms with E-state index in [1.807, 2.05) is 6.07 Å². The fraction of sp³-hybridized carbons (Fsp3) is 0.417. The predicted molar refractivity (Wildman–Crippen MR) is 59.0 cm³/mol. The molecule has 2 N–H and O–H groups in total. The lowest BCUT2D eigenvalue weighted by Crippen LogP contribution is -2.11. The van der Waals surface area contributed by atoms with E-state index in [0.717, 1.165) is 12.0 Å². The number of carbonyl (C=O) groups is 1. The van der Waals surface area contributed by atoms with Crippen LogP contribution in [0.2, 0.25) is 0 Å². The van der Waals surface area contributed by atoms with Crippen molar-refractivity contribution in [2.75, 3.05) is 11.9 Å². The Labute approximate surface area is 93.3 Å². The highest BCUT2D eigenvalue weighted by molar-refractivity contribution is 5.67. The fourth-order valence-corrected chi connectivity index (χ4v) is 2.17. The van der Waals surface area contributed by atoms with Gasteiger partial charge < -0.3 is 10.4 Å². The van der Waals surface area contributed by atoms with Crippen LogP contribution in [-0.2, 0) is 11.2 Å². The third-order valence-electron chi connectivity index (χ3n) is 2.93. The van der Waals surface area contributed by atoms with E-state index in [1.54, 1.807) is 6.07 Å². The summed E-state index contributed by atoms with van der Waals surface area (Å²) in [5, 5.41) is 11.8. The van der Waals surface area contributed by atoms with Crippen molar-refractivity contribution in [2.45, 2.75) is 19.3 Å². The molecule has 4 heteroatoms. The molecule has 1 heterocycles. The molecule has 0 aromatic heterocycles. The van der Waals surface area contributed by atoms with Crippen molar-refractivity contribution in [1.82, 2.24) is 0 Å². The molecule has 0 bridgehead atoms. The van der Waals surface area contributed by atoms with Gasteiger partial charge in [0.2, 0.25) is 0 Å². The number of nitrogens with one attached hydrogen (secondary N) is 1. The second-order valence-corrected chi connectivity index (χ2v) is 4.16. The number of benzene rings is 1. The Bertz CT molecular complexity index is 406. The number of carboxylic acids is 1. The first-order valence-electron chi connectivity index (χ1n) is 5.40. The maximum absolute atomic E-state index is 13.5. The molecule has 0 aliphatic carbocycles. The number of halogens is 1. The molecule has 1 aromatic rings. The van der Waals surface area contributed by atoms with Crippen molar-refractivity contribution in [3.8, 4) is 0 Å². The van der Waals surface area contributed by atoms with Gasteiger partial charge in [0.05, 0.1) is 5.69 Å². The maximum atomic E-state index is 13.5. The minimum atomic E-state index is -0.787. The number of anilines is 1. The first-order valence-corrected chi connectivity index (χ1v) is 5.40. The van der Waals surface area contributed by atoms with Crippen LogP contribution in [0.25, 0.3) is 0 Å². The van der Waals surface area contributed by atoms with E-state index >= 15 is 0 Å². The molecular weight excluding hydrogens is 209 g/mol. The highest BCUT2D eigenvalue weighted by Gasteiger charge is 2.20. The number of carboxylic acid groups (broad SMARTS) is 1. The van der Waals surface area contributed by atoms with Crippen LogP contribution in [0.4, 0.5) is 10.1 Å². The van der Waals surface area contributed by atoms with Crippen molar-refractivity contribution in [3.05, 3.63) is 29.6 Å². The molecule has 2 rings (SSSR count). The second-order valence-electron chi connectivity index (χ2n) is 4.16. The topological polar surface area (TPSA) is 49.3 Å². The van der Waals surface area contributed by atoms with Gasteiger partial charge >= 0.3 is 5.97 Å². The zero-order chi connectivity index (χ0) is 11.5. The molecule has 16 heavy (non-hydrogen) atoms. The number of aliphatic carboxylic acids is 1. The predicted octanol–water partition coefficient (Wildman–Crippen LogP) is 2.27. The first-order chi connectivity index (χ1) is 7.66. The molecule has 3 nitrogen and oxygen atoms in total. The van der Waals surface area contributed by atoms with Crippen LogP contribution in [0.5, 0.6) is 0 Å². The molecular formula is C12H14FNO2. The largest absolute Gasteiger partial charge is 0.481 e. The monoisotopic (exact) mass is 223 g/mol. The van der Waals surface area contributed by atoms with Crippen molar-refractivity contribution in [2.24, 2.45) is 5.92 Å². The van der Waals surface area contributed by atoms with Gasteiger partial charge in [0.25, 0.3) is 0 Å². The Balaban J connectivity index is 2.21. The van der Waals surface area contributed by atoms with Gasteiger partial charge in [0.1, 0.15) is 5.82 Å². The summed E-state index contributed by atoms with van der Waals surface area (Å²) < 4.78 is 13.5. The summed E-state index contributed by atoms with van der Waals surface area (Å²) in [7, 11) is 0. The van der Waals surface area contributed by atoms with Gasteiger partial charge in [0.15, 0.2) is 0 Å². The lowest BCUT2D eigenvalue weighted by atomic mass is 9.94. The lowest BCUT2D eigenvalue weighted by molar-refractivity contribution is -0.138. The minimum Gasteiger partial charge on any atom is -0.481 e. The van der Waals surface area contributed by atoms with E-state index in [1.165, 1.54) is 6.07 Å². The quantitative estimate of drug-likeness (QED) is 0.808. The number of hydrogen-bond donors (Lipinski definition) is 2. The highest BCUT2D eigenvalue weighted by atomic mass is 19.1. The van der Waals surface area contributed by atoms with Crippen molar-refractivity contribution < 1.29 is 14.3 Å². The standard InChI is InChI=1S/C12H14FNO2/c13-10-3-1-2-9-6-8(7-11(15)16)4-5-14-12(9)10/h1-3,8,14H,4-7H2,(H,15,16). The van der Waals surface area contributed by atoms with Gasteiger partial charge in [-0.1, -0.05) is 12.1 Å². The van der Waals surface area contributed by atoms with Crippen LogP contribution in [0.15, 0.2) is 18.2 Å². The SMILES string of the molecule is O=C(O)CC1CCNc2c(F)cccc2C1. The third kappa shape index (κ3) is 2.32. The van der Waals surface area contributed by atoms with Gasteiger partial charge in [-0.2, -0.15) is 0 Å². The molecule has 0 spiro atoms. The lowest BCUT2D eigenvalue weighted by Gasteiger charge is -2.10. The van der Waals surface area contributed by atoms with E-state index in [4.69, 9.17) is 5.11 Å². The molecule has 1 atom stereocenters. The molecule has 1 aliphatic heterocycles. The van der Waals surface area contributed by atoms with E-state index in [2.05, 4.69) is 5.32 Å². The molecule has 0 fully saturated rings. The second kappa shape index (κ2) is 4.51. The molecule has 1 aromatic carbocycles. The summed E-state index contributed by atoms with van der Waals surface area (Å²) in [6.45, 7) is 0.631. The fourth-order valence-electron chi connectivity index (χ4n) is 2.17. The van der Waals surface area contributed by atoms with E-state index in [-0.39, 0.29) is 18.2 Å². The van der Waals surface area contributed by atoms with Gasteiger partial charge in [-0.05, 0) is 30.4 Å². The van der Waals surface area contributed by atoms with Crippen LogP contribution >= 0.6 is 0 Å². The highest BCUT2D eigenvalue weighted by Crippen LogP contribution is 2.28. The smallest absolute Gasteiger partial charge is 0.303 e. The summed E-state index contributed by atoms with van der Waals surface area (Å²) in [4.78, 5) is 10.7. The summed E-state index contributed by atoms with van der Waals surface area (Å²) >= 11 is 0. The summed E-state index contributed by atoms with van der Waals surface area (Å²) in [6, 6.07) is 4.94. The number of fused-ring (bicyclic) bond motifs is 1. The third-order valence-corrected chi connectivity index (χ3v) is 2.93. The van der Waals surface area contributed by atoms with Crippen LogP contribution in [0.3, 0.4) is 0 Å². The summed E-state index contributed by atoms with van der Waals surface area (Å²) in [6.07, 6.45) is 1.55. The van der Waals surface area contributed by atoms with Crippen LogP contribution in [0, 0.1) is 11.7 Å². The van der Waals surface area contributed by atoms with Crippen LogP contribution < -0.4 is 5.32 Å². The van der Waals surface area contributed by atoms with Crippen molar-refractivity contribution >= 4 is 11.7 Å². The van der Waals surface area contributed by atoms with E-state index in [0.29, 0.717) is 18.7 Å². The number of para-hydroxylation sites is 1. The van der Waals surface area contributed by atoms with Crippen molar-refractivity contribution in [1.29, 1.82) is 0 Å². The first kappa shape index (κ1) is 10.9. The molecule has 1 unspecified atom stereocenters. The Morgan fingerprint density at radius 3 is 3.12 bits per heavy atom. The molecule has 0 radical (unpaired) electrons. The zero-order valence-electron chi connectivity index (χ0n) is 8.87.